The second kappa shape index (κ2) is 6.17. The van der Waals surface area contributed by atoms with Gasteiger partial charge in [-0.15, -0.1) is 0 Å². The number of ether oxygens (including phenoxy) is 2. The predicted molar refractivity (Wildman–Crippen MR) is 71.0 cm³/mol. The Kier molecular flexibility index (Phi) is 4.31. The standard InChI is InChI=1S/C14H9F2NO5/c1-21-8-5-6-12(11(7-8)17(19)20)22-14(18)13-9(15)3-2-4-10(13)16/h2-7H,1H3. The minimum Gasteiger partial charge on any atom is -0.496 e. The fraction of sp³-hybridized carbons (Fsp3) is 0.0714. The molecule has 0 spiro atoms. The molecule has 0 amide bonds. The smallest absolute Gasteiger partial charge is 0.349 e. The summed E-state index contributed by atoms with van der Waals surface area (Å²) in [5, 5.41) is 11.0. The van der Waals surface area contributed by atoms with Crippen LogP contribution in [0.25, 0.3) is 0 Å². The minimum atomic E-state index is -1.37. The average Bonchev–Trinajstić information content (AvgIpc) is 2.47. The van der Waals surface area contributed by atoms with E-state index in [4.69, 9.17) is 9.47 Å². The van der Waals surface area contributed by atoms with Gasteiger partial charge in [-0.25, -0.2) is 13.6 Å². The van der Waals surface area contributed by atoms with Crippen molar-refractivity contribution in [2.75, 3.05) is 7.11 Å². The number of carbonyl (C=O) groups excluding carboxylic acids is 1. The molecule has 2 aromatic rings. The quantitative estimate of drug-likeness (QED) is 0.375. The van der Waals surface area contributed by atoms with E-state index in [2.05, 4.69) is 0 Å². The van der Waals surface area contributed by atoms with Gasteiger partial charge in [-0.3, -0.25) is 10.1 Å². The molecule has 2 aromatic carbocycles. The van der Waals surface area contributed by atoms with Crippen LogP contribution in [0, 0.1) is 21.7 Å². The summed E-state index contributed by atoms with van der Waals surface area (Å²) >= 11 is 0. The first-order chi connectivity index (χ1) is 10.4. The molecule has 0 aliphatic rings. The van der Waals surface area contributed by atoms with Crippen molar-refractivity contribution in [3.8, 4) is 11.5 Å². The molecule has 0 saturated carbocycles. The highest BCUT2D eigenvalue weighted by Crippen LogP contribution is 2.31. The highest BCUT2D eigenvalue weighted by molar-refractivity contribution is 5.92. The van der Waals surface area contributed by atoms with Crippen LogP contribution in [0.1, 0.15) is 10.4 Å². The summed E-state index contributed by atoms with van der Waals surface area (Å²) in [6.45, 7) is 0. The number of methoxy groups -OCH3 is 1. The Morgan fingerprint density at radius 3 is 2.36 bits per heavy atom. The second-order valence-electron chi connectivity index (χ2n) is 4.08. The van der Waals surface area contributed by atoms with Crippen molar-refractivity contribution in [3.63, 3.8) is 0 Å². The van der Waals surface area contributed by atoms with Crippen LogP contribution in [0.15, 0.2) is 36.4 Å². The third kappa shape index (κ3) is 3.00. The fourth-order valence-corrected chi connectivity index (χ4v) is 1.70. The summed E-state index contributed by atoms with van der Waals surface area (Å²) in [5.74, 6) is -3.90. The van der Waals surface area contributed by atoms with Gasteiger partial charge in [-0.05, 0) is 24.3 Å². The number of carbonyl (C=O) groups is 1. The third-order valence-electron chi connectivity index (χ3n) is 2.73. The highest BCUT2D eigenvalue weighted by atomic mass is 19.1. The number of esters is 1. The molecule has 0 bridgehead atoms. The number of nitro groups is 1. The maximum Gasteiger partial charge on any atom is 0.349 e. The molecule has 22 heavy (non-hydrogen) atoms. The van der Waals surface area contributed by atoms with E-state index in [0.29, 0.717) is 0 Å². The normalized spacial score (nSPS) is 10.1. The second-order valence-corrected chi connectivity index (χ2v) is 4.08. The summed E-state index contributed by atoms with van der Waals surface area (Å²) in [6, 6.07) is 6.28. The van der Waals surface area contributed by atoms with Gasteiger partial charge in [-0.2, -0.15) is 0 Å². The van der Waals surface area contributed by atoms with Crippen molar-refractivity contribution in [2.45, 2.75) is 0 Å². The van der Waals surface area contributed by atoms with Crippen molar-refractivity contribution in [2.24, 2.45) is 0 Å². The van der Waals surface area contributed by atoms with Gasteiger partial charge in [0.05, 0.1) is 18.1 Å². The Hall–Kier alpha value is -3.03. The lowest BCUT2D eigenvalue weighted by Crippen LogP contribution is -2.14. The Labute approximate surface area is 123 Å². The molecule has 0 atom stereocenters. The molecule has 0 N–H and O–H groups in total. The molecular weight excluding hydrogens is 300 g/mol. The van der Waals surface area contributed by atoms with Crippen LogP contribution in [0.3, 0.4) is 0 Å². The van der Waals surface area contributed by atoms with Crippen LogP contribution < -0.4 is 9.47 Å². The topological polar surface area (TPSA) is 78.7 Å². The molecule has 0 unspecified atom stereocenters. The third-order valence-corrected chi connectivity index (χ3v) is 2.73. The zero-order chi connectivity index (χ0) is 16.3. The van der Waals surface area contributed by atoms with E-state index in [1.807, 2.05) is 0 Å². The van der Waals surface area contributed by atoms with E-state index in [-0.39, 0.29) is 5.75 Å². The monoisotopic (exact) mass is 309 g/mol. The zero-order valence-corrected chi connectivity index (χ0v) is 11.2. The Morgan fingerprint density at radius 1 is 1.18 bits per heavy atom. The lowest BCUT2D eigenvalue weighted by atomic mass is 10.2. The Balaban J connectivity index is 2.38. The summed E-state index contributed by atoms with van der Waals surface area (Å²) < 4.78 is 36.5. The number of hydrogen-bond donors (Lipinski definition) is 0. The molecule has 0 fully saturated rings. The Morgan fingerprint density at radius 2 is 1.82 bits per heavy atom. The summed E-state index contributed by atoms with van der Waals surface area (Å²) in [4.78, 5) is 22.0. The molecule has 0 heterocycles. The molecule has 0 saturated heterocycles. The number of benzene rings is 2. The van der Waals surface area contributed by atoms with Crippen LogP contribution in [0.2, 0.25) is 0 Å². The van der Waals surface area contributed by atoms with Gasteiger partial charge < -0.3 is 9.47 Å². The van der Waals surface area contributed by atoms with Gasteiger partial charge in [0, 0.05) is 0 Å². The maximum atomic E-state index is 13.5. The lowest BCUT2D eigenvalue weighted by Gasteiger charge is -2.07. The van der Waals surface area contributed by atoms with Gasteiger partial charge in [0.1, 0.15) is 22.9 Å². The first-order valence-corrected chi connectivity index (χ1v) is 5.92. The lowest BCUT2D eigenvalue weighted by molar-refractivity contribution is -0.385. The summed E-state index contributed by atoms with van der Waals surface area (Å²) in [7, 11) is 1.31. The van der Waals surface area contributed by atoms with Crippen molar-refractivity contribution in [1.29, 1.82) is 0 Å². The van der Waals surface area contributed by atoms with Crippen LogP contribution in [0.4, 0.5) is 14.5 Å². The maximum absolute atomic E-state index is 13.5. The molecule has 0 aromatic heterocycles. The van der Waals surface area contributed by atoms with E-state index < -0.39 is 39.5 Å². The number of halogens is 2. The predicted octanol–water partition coefficient (Wildman–Crippen LogP) is 3.10. The van der Waals surface area contributed by atoms with Gasteiger partial charge in [0.25, 0.3) is 0 Å². The number of nitrogens with zero attached hydrogens (tertiary/aromatic N) is 1. The summed E-state index contributed by atoms with van der Waals surface area (Å²) in [5.41, 5.74) is -1.49. The van der Waals surface area contributed by atoms with Crippen molar-refractivity contribution >= 4 is 11.7 Å². The highest BCUT2D eigenvalue weighted by Gasteiger charge is 2.24. The molecule has 0 radical (unpaired) electrons. The summed E-state index contributed by atoms with van der Waals surface area (Å²) in [6.07, 6.45) is 0. The number of rotatable bonds is 4. The zero-order valence-electron chi connectivity index (χ0n) is 11.2. The average molecular weight is 309 g/mol. The van der Waals surface area contributed by atoms with Crippen molar-refractivity contribution in [3.05, 3.63) is 63.7 Å². The van der Waals surface area contributed by atoms with Gasteiger partial charge in [0.2, 0.25) is 5.75 Å². The van der Waals surface area contributed by atoms with Crippen LogP contribution >= 0.6 is 0 Å². The van der Waals surface area contributed by atoms with Gasteiger partial charge in [-0.1, -0.05) is 6.07 Å². The van der Waals surface area contributed by atoms with E-state index >= 15 is 0 Å². The molecule has 2 rings (SSSR count). The first kappa shape index (κ1) is 15.4. The van der Waals surface area contributed by atoms with Crippen LogP contribution in [0.5, 0.6) is 11.5 Å². The number of hydrogen-bond acceptors (Lipinski definition) is 5. The SMILES string of the molecule is COc1ccc(OC(=O)c2c(F)cccc2F)c([N+](=O)[O-])c1. The molecule has 0 aliphatic heterocycles. The van der Waals surface area contributed by atoms with E-state index in [1.54, 1.807) is 0 Å². The molecule has 114 valence electrons. The van der Waals surface area contributed by atoms with Crippen molar-refractivity contribution < 1.29 is 28.0 Å². The minimum absolute atomic E-state index is 0.170. The molecule has 0 aliphatic carbocycles. The Bertz CT molecular complexity index is 728. The molecule has 6 nitrogen and oxygen atoms in total. The largest absolute Gasteiger partial charge is 0.496 e. The van der Waals surface area contributed by atoms with Crippen molar-refractivity contribution in [1.82, 2.24) is 0 Å². The van der Waals surface area contributed by atoms with Crippen LogP contribution in [-0.4, -0.2) is 18.0 Å². The number of nitro benzene ring substituents is 1. The van der Waals surface area contributed by atoms with Gasteiger partial charge >= 0.3 is 11.7 Å². The van der Waals surface area contributed by atoms with Gasteiger partial charge in [0.15, 0.2) is 0 Å². The van der Waals surface area contributed by atoms with E-state index in [0.717, 1.165) is 30.3 Å². The van der Waals surface area contributed by atoms with E-state index in [9.17, 15) is 23.7 Å². The van der Waals surface area contributed by atoms with E-state index in [1.165, 1.54) is 13.2 Å². The first-order valence-electron chi connectivity index (χ1n) is 5.92. The molecule has 8 heteroatoms. The van der Waals surface area contributed by atoms with Crippen LogP contribution in [-0.2, 0) is 0 Å². The fourth-order valence-electron chi connectivity index (χ4n) is 1.70. The molecular formula is C14H9F2NO5.